The molecule has 1 aliphatic heterocycles. The molecule has 4 nitrogen and oxygen atoms in total. The molecule has 1 N–H and O–H groups in total. The lowest BCUT2D eigenvalue weighted by Crippen LogP contribution is -2.32. The lowest BCUT2D eigenvalue weighted by atomic mass is 10.1. The van der Waals surface area contributed by atoms with Gasteiger partial charge in [0.15, 0.2) is 0 Å². The second-order valence-electron chi connectivity index (χ2n) is 3.46. The molecule has 0 aliphatic carbocycles. The highest BCUT2D eigenvalue weighted by atomic mass is 16.6. The zero-order valence-electron chi connectivity index (χ0n) is 8.78. The summed E-state index contributed by atoms with van der Waals surface area (Å²) in [6.45, 7) is 5.02. The standard InChI is InChI=1S/C10H20O4/c1-2-12-5-6-13-8-10-4-3-9(11)7-14-10/h9-11H,2-8H2,1H3. The van der Waals surface area contributed by atoms with Crippen LogP contribution in [0.3, 0.4) is 0 Å². The van der Waals surface area contributed by atoms with Crippen LogP contribution in [0.15, 0.2) is 0 Å². The van der Waals surface area contributed by atoms with E-state index in [1.807, 2.05) is 6.92 Å². The summed E-state index contributed by atoms with van der Waals surface area (Å²) in [5, 5.41) is 9.18. The van der Waals surface area contributed by atoms with Crippen molar-refractivity contribution in [3.63, 3.8) is 0 Å². The summed E-state index contributed by atoms with van der Waals surface area (Å²) in [6.07, 6.45) is 1.57. The zero-order chi connectivity index (χ0) is 10.2. The number of rotatable bonds is 6. The van der Waals surface area contributed by atoms with Gasteiger partial charge in [-0.05, 0) is 19.8 Å². The minimum absolute atomic E-state index is 0.153. The van der Waals surface area contributed by atoms with Gasteiger partial charge in [-0.2, -0.15) is 0 Å². The predicted octanol–water partition coefficient (Wildman–Crippen LogP) is 0.579. The molecular weight excluding hydrogens is 184 g/mol. The van der Waals surface area contributed by atoms with Crippen molar-refractivity contribution in [3.8, 4) is 0 Å². The number of ether oxygens (including phenoxy) is 3. The summed E-state index contributed by atoms with van der Waals surface area (Å²) in [5.74, 6) is 0. The predicted molar refractivity (Wildman–Crippen MR) is 52.3 cm³/mol. The Morgan fingerprint density at radius 3 is 2.71 bits per heavy atom. The summed E-state index contributed by atoms with van der Waals surface area (Å²) in [4.78, 5) is 0. The van der Waals surface area contributed by atoms with E-state index in [1.165, 1.54) is 0 Å². The topological polar surface area (TPSA) is 47.9 Å². The molecule has 1 saturated heterocycles. The molecule has 0 saturated carbocycles. The van der Waals surface area contributed by atoms with Crippen molar-refractivity contribution in [3.05, 3.63) is 0 Å². The average molecular weight is 204 g/mol. The third kappa shape index (κ3) is 4.91. The molecule has 0 aromatic rings. The van der Waals surface area contributed by atoms with E-state index in [9.17, 15) is 5.11 Å². The van der Waals surface area contributed by atoms with Crippen molar-refractivity contribution >= 4 is 0 Å². The third-order valence-corrected chi connectivity index (χ3v) is 2.23. The minimum atomic E-state index is -0.283. The van der Waals surface area contributed by atoms with Crippen LogP contribution in [0.5, 0.6) is 0 Å². The first-order valence-electron chi connectivity index (χ1n) is 5.28. The van der Waals surface area contributed by atoms with Gasteiger partial charge in [0.2, 0.25) is 0 Å². The van der Waals surface area contributed by atoms with Gasteiger partial charge >= 0.3 is 0 Å². The normalized spacial score (nSPS) is 27.9. The van der Waals surface area contributed by atoms with Crippen LogP contribution < -0.4 is 0 Å². The first-order chi connectivity index (χ1) is 6.83. The first-order valence-corrected chi connectivity index (χ1v) is 5.28. The number of hydrogen-bond donors (Lipinski definition) is 1. The van der Waals surface area contributed by atoms with Gasteiger partial charge in [-0.25, -0.2) is 0 Å². The van der Waals surface area contributed by atoms with Crippen molar-refractivity contribution in [1.82, 2.24) is 0 Å². The molecule has 0 amide bonds. The molecule has 14 heavy (non-hydrogen) atoms. The van der Waals surface area contributed by atoms with E-state index in [1.54, 1.807) is 0 Å². The quantitative estimate of drug-likeness (QED) is 0.643. The Labute approximate surface area is 85.2 Å². The van der Waals surface area contributed by atoms with Gasteiger partial charge in [0.05, 0.1) is 38.6 Å². The molecule has 2 unspecified atom stereocenters. The maximum atomic E-state index is 9.18. The Hall–Kier alpha value is -0.160. The maximum Gasteiger partial charge on any atom is 0.0810 e. The highest BCUT2D eigenvalue weighted by molar-refractivity contribution is 4.68. The van der Waals surface area contributed by atoms with E-state index in [4.69, 9.17) is 14.2 Å². The van der Waals surface area contributed by atoms with Gasteiger partial charge in [-0.1, -0.05) is 0 Å². The van der Waals surface area contributed by atoms with Crippen LogP contribution in [0.2, 0.25) is 0 Å². The van der Waals surface area contributed by atoms with Gasteiger partial charge in [0.25, 0.3) is 0 Å². The van der Waals surface area contributed by atoms with Crippen LogP contribution in [0.4, 0.5) is 0 Å². The molecular formula is C10H20O4. The number of hydrogen-bond acceptors (Lipinski definition) is 4. The molecule has 1 heterocycles. The van der Waals surface area contributed by atoms with Gasteiger partial charge in [-0.3, -0.25) is 0 Å². The van der Waals surface area contributed by atoms with Crippen LogP contribution in [0.1, 0.15) is 19.8 Å². The summed E-state index contributed by atoms with van der Waals surface area (Å²) >= 11 is 0. The molecule has 0 radical (unpaired) electrons. The van der Waals surface area contributed by atoms with Crippen LogP contribution in [-0.2, 0) is 14.2 Å². The van der Waals surface area contributed by atoms with Gasteiger partial charge in [0, 0.05) is 6.61 Å². The van der Waals surface area contributed by atoms with Gasteiger partial charge in [0.1, 0.15) is 0 Å². The van der Waals surface area contributed by atoms with Crippen molar-refractivity contribution in [2.75, 3.05) is 33.0 Å². The SMILES string of the molecule is CCOCCOCC1CCC(O)CO1. The van der Waals surface area contributed by atoms with E-state index in [2.05, 4.69) is 0 Å². The van der Waals surface area contributed by atoms with Gasteiger partial charge < -0.3 is 19.3 Å². The lowest BCUT2D eigenvalue weighted by Gasteiger charge is -2.25. The van der Waals surface area contributed by atoms with E-state index >= 15 is 0 Å². The summed E-state index contributed by atoms with van der Waals surface area (Å²) in [6, 6.07) is 0. The second-order valence-corrected chi connectivity index (χ2v) is 3.46. The molecule has 0 aromatic heterocycles. The van der Waals surface area contributed by atoms with Crippen molar-refractivity contribution in [1.29, 1.82) is 0 Å². The fourth-order valence-corrected chi connectivity index (χ4v) is 1.40. The van der Waals surface area contributed by atoms with Crippen LogP contribution in [0, 0.1) is 0 Å². The van der Waals surface area contributed by atoms with Crippen molar-refractivity contribution < 1.29 is 19.3 Å². The highest BCUT2D eigenvalue weighted by Gasteiger charge is 2.19. The van der Waals surface area contributed by atoms with Gasteiger partial charge in [-0.15, -0.1) is 0 Å². The largest absolute Gasteiger partial charge is 0.391 e. The zero-order valence-corrected chi connectivity index (χ0v) is 8.78. The summed E-state index contributed by atoms with van der Waals surface area (Å²) in [7, 11) is 0. The van der Waals surface area contributed by atoms with Crippen molar-refractivity contribution in [2.24, 2.45) is 0 Å². The van der Waals surface area contributed by atoms with E-state index < -0.39 is 0 Å². The average Bonchev–Trinajstić information content (AvgIpc) is 2.21. The summed E-state index contributed by atoms with van der Waals surface area (Å²) in [5.41, 5.74) is 0. The molecule has 0 bridgehead atoms. The van der Waals surface area contributed by atoms with E-state index in [-0.39, 0.29) is 12.2 Å². The fourth-order valence-electron chi connectivity index (χ4n) is 1.40. The Morgan fingerprint density at radius 2 is 2.07 bits per heavy atom. The lowest BCUT2D eigenvalue weighted by molar-refractivity contribution is -0.0897. The first kappa shape index (κ1) is 11.9. The molecule has 1 rings (SSSR count). The van der Waals surface area contributed by atoms with Crippen LogP contribution in [-0.4, -0.2) is 50.3 Å². The molecule has 84 valence electrons. The molecule has 0 spiro atoms. The Morgan fingerprint density at radius 1 is 1.29 bits per heavy atom. The number of aliphatic hydroxyl groups excluding tert-OH is 1. The highest BCUT2D eigenvalue weighted by Crippen LogP contribution is 2.13. The Kier molecular flexibility index (Phi) is 6.10. The molecule has 1 fully saturated rings. The summed E-state index contributed by atoms with van der Waals surface area (Å²) < 4.78 is 15.9. The monoisotopic (exact) mass is 204 g/mol. The smallest absolute Gasteiger partial charge is 0.0810 e. The number of aliphatic hydroxyl groups is 1. The Balaban J connectivity index is 1.91. The maximum absolute atomic E-state index is 9.18. The van der Waals surface area contributed by atoms with Crippen LogP contribution in [0.25, 0.3) is 0 Å². The van der Waals surface area contributed by atoms with E-state index in [0.29, 0.717) is 26.4 Å². The fraction of sp³-hybridized carbons (Fsp3) is 1.00. The minimum Gasteiger partial charge on any atom is -0.391 e. The molecule has 0 aromatic carbocycles. The van der Waals surface area contributed by atoms with Crippen molar-refractivity contribution in [2.45, 2.75) is 32.0 Å². The molecule has 2 atom stereocenters. The second kappa shape index (κ2) is 7.17. The van der Waals surface area contributed by atoms with Crippen LogP contribution >= 0.6 is 0 Å². The third-order valence-electron chi connectivity index (χ3n) is 2.23. The molecule has 4 heteroatoms. The van der Waals surface area contributed by atoms with E-state index in [0.717, 1.165) is 19.4 Å². The Bertz CT molecular complexity index is 132. The molecule has 1 aliphatic rings.